The van der Waals surface area contributed by atoms with Crippen LogP contribution >= 0.6 is 15.9 Å². The fraction of sp³-hybridized carbons (Fsp3) is 0.0833. The van der Waals surface area contributed by atoms with Gasteiger partial charge in [-0.3, -0.25) is 4.79 Å². The smallest absolute Gasteiger partial charge is 0.266 e. The second-order valence-corrected chi connectivity index (χ2v) is 7.43. The zero-order valence-electron chi connectivity index (χ0n) is 16.9. The van der Waals surface area contributed by atoms with Crippen LogP contribution in [0, 0.1) is 23.0 Å². The van der Waals surface area contributed by atoms with Crippen LogP contribution in [0.1, 0.15) is 11.1 Å². The normalized spacial score (nSPS) is 10.9. The summed E-state index contributed by atoms with van der Waals surface area (Å²) in [5, 5.41) is 12.0. The molecule has 0 aliphatic carbocycles. The molecular formula is C24H17BrF2N2O3. The van der Waals surface area contributed by atoms with Crippen molar-refractivity contribution in [2.45, 2.75) is 6.61 Å². The van der Waals surface area contributed by atoms with Gasteiger partial charge in [0.1, 0.15) is 29.9 Å². The fourth-order valence-corrected chi connectivity index (χ4v) is 3.32. The van der Waals surface area contributed by atoms with Crippen molar-refractivity contribution in [1.29, 1.82) is 5.26 Å². The van der Waals surface area contributed by atoms with Crippen LogP contribution in [0.15, 0.2) is 70.7 Å². The monoisotopic (exact) mass is 498 g/mol. The number of nitriles is 1. The Morgan fingerprint density at radius 1 is 1.09 bits per heavy atom. The maximum absolute atomic E-state index is 13.1. The van der Waals surface area contributed by atoms with Gasteiger partial charge in [0.15, 0.2) is 11.5 Å². The summed E-state index contributed by atoms with van der Waals surface area (Å²) in [6, 6.07) is 16.3. The highest BCUT2D eigenvalue weighted by molar-refractivity contribution is 9.10. The number of amides is 1. The number of ether oxygens (including phenoxy) is 2. The summed E-state index contributed by atoms with van der Waals surface area (Å²) >= 11 is 3.42. The lowest BCUT2D eigenvalue weighted by molar-refractivity contribution is -0.112. The number of nitrogens with one attached hydrogen (secondary N) is 1. The van der Waals surface area contributed by atoms with E-state index in [-0.39, 0.29) is 18.0 Å². The van der Waals surface area contributed by atoms with E-state index < -0.39 is 11.7 Å². The molecule has 0 fully saturated rings. The summed E-state index contributed by atoms with van der Waals surface area (Å²) in [6.45, 7) is 0.188. The molecule has 0 atom stereocenters. The van der Waals surface area contributed by atoms with Crippen LogP contribution in [0.25, 0.3) is 6.08 Å². The van der Waals surface area contributed by atoms with Gasteiger partial charge in [-0.1, -0.05) is 12.1 Å². The summed E-state index contributed by atoms with van der Waals surface area (Å²) in [5.74, 6) is -0.601. The van der Waals surface area contributed by atoms with Gasteiger partial charge in [-0.2, -0.15) is 5.26 Å². The number of hydrogen-bond donors (Lipinski definition) is 1. The van der Waals surface area contributed by atoms with Gasteiger partial charge < -0.3 is 14.8 Å². The van der Waals surface area contributed by atoms with Gasteiger partial charge in [-0.15, -0.1) is 0 Å². The Bertz CT molecular complexity index is 1190. The maximum atomic E-state index is 13.1. The van der Waals surface area contributed by atoms with E-state index in [9.17, 15) is 18.8 Å². The average Bonchev–Trinajstić information content (AvgIpc) is 2.79. The number of halogens is 3. The molecular weight excluding hydrogens is 482 g/mol. The first-order valence-corrected chi connectivity index (χ1v) is 10.1. The van der Waals surface area contributed by atoms with Crippen molar-refractivity contribution in [3.63, 3.8) is 0 Å². The predicted molar refractivity (Wildman–Crippen MR) is 120 cm³/mol. The highest BCUT2D eigenvalue weighted by Crippen LogP contribution is 2.37. The van der Waals surface area contributed by atoms with E-state index in [4.69, 9.17) is 9.47 Å². The van der Waals surface area contributed by atoms with Crippen LogP contribution < -0.4 is 14.8 Å². The molecule has 0 unspecified atom stereocenters. The first kappa shape index (κ1) is 23.0. The van der Waals surface area contributed by atoms with Crippen molar-refractivity contribution in [2.24, 2.45) is 0 Å². The molecule has 8 heteroatoms. The molecule has 5 nitrogen and oxygen atoms in total. The number of carbonyl (C=O) groups is 1. The average molecular weight is 499 g/mol. The number of methoxy groups -OCH3 is 1. The third-order valence-corrected chi connectivity index (χ3v) is 4.92. The lowest BCUT2D eigenvalue weighted by Crippen LogP contribution is -2.13. The van der Waals surface area contributed by atoms with Crippen molar-refractivity contribution in [3.8, 4) is 17.6 Å². The molecule has 0 aliphatic heterocycles. The summed E-state index contributed by atoms with van der Waals surface area (Å²) in [7, 11) is 1.46. The van der Waals surface area contributed by atoms with Gasteiger partial charge in [-0.05, 0) is 81.7 Å². The molecule has 0 saturated heterocycles. The van der Waals surface area contributed by atoms with Crippen molar-refractivity contribution < 1.29 is 23.0 Å². The van der Waals surface area contributed by atoms with Gasteiger partial charge in [0, 0.05) is 5.69 Å². The highest BCUT2D eigenvalue weighted by Gasteiger charge is 2.14. The standard InChI is InChI=1S/C24H17BrF2N2O3/c1-31-22-12-16(10-17(13-28)24(30)29-20-8-6-19(27)7-9-20)11-21(25)23(22)32-14-15-2-4-18(26)5-3-15/h2-12H,14H2,1H3,(H,29,30)/b17-10-. The minimum absolute atomic E-state index is 0.150. The highest BCUT2D eigenvalue weighted by atomic mass is 79.9. The lowest BCUT2D eigenvalue weighted by atomic mass is 10.1. The molecule has 0 aliphatic rings. The van der Waals surface area contributed by atoms with Crippen molar-refractivity contribution >= 4 is 33.6 Å². The van der Waals surface area contributed by atoms with Crippen molar-refractivity contribution in [3.05, 3.63) is 93.5 Å². The Labute approximate surface area is 192 Å². The third-order valence-electron chi connectivity index (χ3n) is 4.33. The number of carbonyl (C=O) groups excluding carboxylic acids is 1. The first-order valence-electron chi connectivity index (χ1n) is 9.33. The summed E-state index contributed by atoms with van der Waals surface area (Å²) in [6.07, 6.45) is 1.40. The number of benzene rings is 3. The molecule has 0 saturated carbocycles. The number of nitrogens with zero attached hydrogens (tertiary/aromatic N) is 1. The molecule has 1 amide bonds. The third kappa shape index (κ3) is 5.93. The number of hydrogen-bond acceptors (Lipinski definition) is 4. The molecule has 3 rings (SSSR count). The quantitative estimate of drug-likeness (QED) is 0.327. The fourth-order valence-electron chi connectivity index (χ4n) is 2.75. The van der Waals surface area contributed by atoms with Gasteiger partial charge in [0.2, 0.25) is 0 Å². The van der Waals surface area contributed by atoms with Crippen LogP contribution in [0.5, 0.6) is 11.5 Å². The molecule has 0 bridgehead atoms. The molecule has 3 aromatic carbocycles. The van der Waals surface area contributed by atoms with Gasteiger partial charge in [-0.25, -0.2) is 8.78 Å². The second-order valence-electron chi connectivity index (χ2n) is 6.58. The van der Waals surface area contributed by atoms with Crippen molar-refractivity contribution in [1.82, 2.24) is 0 Å². The molecule has 162 valence electrons. The summed E-state index contributed by atoms with van der Waals surface area (Å²) < 4.78 is 37.8. The zero-order chi connectivity index (χ0) is 23.1. The van der Waals surface area contributed by atoms with E-state index in [0.717, 1.165) is 5.56 Å². The van der Waals surface area contributed by atoms with E-state index in [0.29, 0.717) is 27.2 Å². The van der Waals surface area contributed by atoms with E-state index in [1.807, 2.05) is 6.07 Å². The molecule has 32 heavy (non-hydrogen) atoms. The Balaban J connectivity index is 1.80. The van der Waals surface area contributed by atoms with E-state index in [2.05, 4.69) is 21.2 Å². The van der Waals surface area contributed by atoms with E-state index in [1.165, 1.54) is 49.6 Å². The molecule has 0 spiro atoms. The molecule has 0 heterocycles. The van der Waals surface area contributed by atoms with Gasteiger partial charge >= 0.3 is 0 Å². The largest absolute Gasteiger partial charge is 0.493 e. The molecule has 0 radical (unpaired) electrons. The van der Waals surface area contributed by atoms with Crippen LogP contribution in [0.2, 0.25) is 0 Å². The van der Waals surface area contributed by atoms with Crippen LogP contribution in [0.3, 0.4) is 0 Å². The Kier molecular flexibility index (Phi) is 7.58. The first-order chi connectivity index (χ1) is 15.4. The van der Waals surface area contributed by atoms with E-state index in [1.54, 1.807) is 24.3 Å². The SMILES string of the molecule is COc1cc(/C=C(/C#N)C(=O)Nc2ccc(F)cc2)cc(Br)c1OCc1ccc(F)cc1. The van der Waals surface area contributed by atoms with Crippen LogP contribution in [-0.4, -0.2) is 13.0 Å². The summed E-state index contributed by atoms with van der Waals surface area (Å²) in [4.78, 5) is 12.4. The minimum Gasteiger partial charge on any atom is -0.493 e. The number of anilines is 1. The lowest BCUT2D eigenvalue weighted by Gasteiger charge is -2.14. The minimum atomic E-state index is -0.633. The van der Waals surface area contributed by atoms with Crippen LogP contribution in [-0.2, 0) is 11.4 Å². The van der Waals surface area contributed by atoms with Gasteiger partial charge in [0.25, 0.3) is 5.91 Å². The number of rotatable bonds is 7. The predicted octanol–water partition coefficient (Wildman–Crippen LogP) is 5.86. The van der Waals surface area contributed by atoms with Crippen molar-refractivity contribution in [2.75, 3.05) is 12.4 Å². The maximum Gasteiger partial charge on any atom is 0.266 e. The Hall–Kier alpha value is -3.70. The zero-order valence-corrected chi connectivity index (χ0v) is 18.4. The Morgan fingerprint density at radius 2 is 1.72 bits per heavy atom. The Morgan fingerprint density at radius 3 is 2.31 bits per heavy atom. The summed E-state index contributed by atoms with van der Waals surface area (Å²) in [5.41, 5.74) is 1.51. The van der Waals surface area contributed by atoms with Gasteiger partial charge in [0.05, 0.1) is 11.6 Å². The molecule has 0 aromatic heterocycles. The van der Waals surface area contributed by atoms with E-state index >= 15 is 0 Å². The second kappa shape index (κ2) is 10.6. The van der Waals surface area contributed by atoms with Crippen LogP contribution in [0.4, 0.5) is 14.5 Å². The molecule has 1 N–H and O–H groups in total. The topological polar surface area (TPSA) is 71.3 Å². The molecule has 3 aromatic rings.